The molecular formula is C16H28N2O. The first-order chi connectivity index (χ1) is 9.29. The Bertz CT molecular complexity index is 337. The maximum Gasteiger partial charge on any atom is 0.103 e. The summed E-state index contributed by atoms with van der Waals surface area (Å²) in [6.45, 7) is 8.20. The summed E-state index contributed by atoms with van der Waals surface area (Å²) in [5.41, 5.74) is 0. The Morgan fingerprint density at radius 1 is 1.53 bits per heavy atom. The van der Waals surface area contributed by atoms with Gasteiger partial charge in [0.1, 0.15) is 5.76 Å². The smallest absolute Gasteiger partial charge is 0.103 e. The molecule has 0 aliphatic carbocycles. The molecule has 1 aromatic rings. The number of rotatable bonds is 7. The van der Waals surface area contributed by atoms with Crippen LogP contribution in [0.25, 0.3) is 0 Å². The van der Waals surface area contributed by atoms with Crippen LogP contribution in [0.3, 0.4) is 0 Å². The largest absolute Gasteiger partial charge is 0.469 e. The summed E-state index contributed by atoms with van der Waals surface area (Å²) in [6.07, 6.45) is 7.90. The van der Waals surface area contributed by atoms with Crippen LogP contribution < -0.4 is 5.32 Å². The molecule has 1 saturated heterocycles. The number of hydrogen-bond acceptors (Lipinski definition) is 3. The van der Waals surface area contributed by atoms with Crippen molar-refractivity contribution in [1.29, 1.82) is 0 Å². The van der Waals surface area contributed by atoms with E-state index < -0.39 is 0 Å². The van der Waals surface area contributed by atoms with Crippen LogP contribution in [0.5, 0.6) is 0 Å². The zero-order valence-corrected chi connectivity index (χ0v) is 12.4. The molecule has 1 aromatic heterocycles. The highest BCUT2D eigenvalue weighted by atomic mass is 16.3. The van der Waals surface area contributed by atoms with Gasteiger partial charge in [-0.1, -0.05) is 6.92 Å². The summed E-state index contributed by atoms with van der Waals surface area (Å²) < 4.78 is 5.41. The zero-order valence-electron chi connectivity index (χ0n) is 12.4. The van der Waals surface area contributed by atoms with Gasteiger partial charge in [-0.2, -0.15) is 0 Å². The van der Waals surface area contributed by atoms with Crippen molar-refractivity contribution in [3.05, 3.63) is 24.2 Å². The van der Waals surface area contributed by atoms with Gasteiger partial charge in [-0.3, -0.25) is 4.90 Å². The normalized spacial score (nSPS) is 22.5. The molecule has 2 unspecified atom stereocenters. The summed E-state index contributed by atoms with van der Waals surface area (Å²) >= 11 is 0. The van der Waals surface area contributed by atoms with Gasteiger partial charge >= 0.3 is 0 Å². The molecule has 0 saturated carbocycles. The number of nitrogens with zero attached hydrogens (tertiary/aromatic N) is 1. The Morgan fingerprint density at radius 3 is 3.16 bits per heavy atom. The number of hydrogen-bond donors (Lipinski definition) is 1. The van der Waals surface area contributed by atoms with E-state index in [4.69, 9.17) is 4.42 Å². The number of aryl methyl sites for hydroxylation is 1. The van der Waals surface area contributed by atoms with E-state index in [-0.39, 0.29) is 0 Å². The van der Waals surface area contributed by atoms with Crippen molar-refractivity contribution >= 4 is 0 Å². The third kappa shape index (κ3) is 4.66. The van der Waals surface area contributed by atoms with Gasteiger partial charge in [0.25, 0.3) is 0 Å². The standard InChI is InChI=1S/C16H28N2O/c1-3-10-17-15-6-4-11-18(13-15)14(2)8-9-16-7-5-12-19-16/h5,7,12,14-15,17H,3-4,6,8-11,13H2,1-2H3. The molecule has 19 heavy (non-hydrogen) atoms. The molecule has 1 aliphatic rings. The van der Waals surface area contributed by atoms with E-state index in [1.165, 1.54) is 38.8 Å². The molecule has 1 N–H and O–H groups in total. The lowest BCUT2D eigenvalue weighted by molar-refractivity contribution is 0.139. The molecule has 1 aliphatic heterocycles. The van der Waals surface area contributed by atoms with Gasteiger partial charge in [-0.15, -0.1) is 0 Å². The lowest BCUT2D eigenvalue weighted by Gasteiger charge is -2.37. The summed E-state index contributed by atoms with van der Waals surface area (Å²) in [5.74, 6) is 1.12. The van der Waals surface area contributed by atoms with Gasteiger partial charge in [0.2, 0.25) is 0 Å². The highest BCUT2D eigenvalue weighted by Gasteiger charge is 2.22. The fourth-order valence-corrected chi connectivity index (χ4v) is 2.91. The summed E-state index contributed by atoms with van der Waals surface area (Å²) in [7, 11) is 0. The van der Waals surface area contributed by atoms with Crippen molar-refractivity contribution < 1.29 is 4.42 Å². The van der Waals surface area contributed by atoms with Crippen LogP contribution in [-0.4, -0.2) is 36.6 Å². The predicted molar refractivity (Wildman–Crippen MR) is 79.4 cm³/mol. The maximum absolute atomic E-state index is 5.41. The van der Waals surface area contributed by atoms with E-state index in [1.54, 1.807) is 6.26 Å². The average Bonchev–Trinajstić information content (AvgIpc) is 2.96. The third-order valence-corrected chi connectivity index (χ3v) is 4.15. The number of nitrogens with one attached hydrogen (secondary N) is 1. The molecule has 0 aromatic carbocycles. The molecular weight excluding hydrogens is 236 g/mol. The number of likely N-dealkylation sites (tertiary alicyclic amines) is 1. The van der Waals surface area contributed by atoms with Crippen molar-refractivity contribution in [1.82, 2.24) is 10.2 Å². The summed E-state index contributed by atoms with van der Waals surface area (Å²) in [6, 6.07) is 5.40. The van der Waals surface area contributed by atoms with Gasteiger partial charge in [0.05, 0.1) is 6.26 Å². The SMILES string of the molecule is CCCNC1CCCN(C(C)CCc2ccco2)C1. The molecule has 0 spiro atoms. The van der Waals surface area contributed by atoms with E-state index in [0.717, 1.165) is 18.7 Å². The fourth-order valence-electron chi connectivity index (χ4n) is 2.91. The van der Waals surface area contributed by atoms with Crippen molar-refractivity contribution in [3.8, 4) is 0 Å². The Balaban J connectivity index is 1.73. The Morgan fingerprint density at radius 2 is 2.42 bits per heavy atom. The molecule has 0 radical (unpaired) electrons. The van der Waals surface area contributed by atoms with Crippen LogP contribution in [0, 0.1) is 0 Å². The Hall–Kier alpha value is -0.800. The third-order valence-electron chi connectivity index (χ3n) is 4.15. The Labute approximate surface area is 117 Å². The molecule has 2 rings (SSSR count). The summed E-state index contributed by atoms with van der Waals surface area (Å²) in [5, 5.41) is 3.67. The first kappa shape index (κ1) is 14.6. The van der Waals surface area contributed by atoms with Gasteiger partial charge in [-0.25, -0.2) is 0 Å². The van der Waals surface area contributed by atoms with Crippen molar-refractivity contribution in [3.63, 3.8) is 0 Å². The van der Waals surface area contributed by atoms with E-state index in [9.17, 15) is 0 Å². The van der Waals surface area contributed by atoms with Crippen molar-refractivity contribution in [2.75, 3.05) is 19.6 Å². The van der Waals surface area contributed by atoms with Crippen molar-refractivity contribution in [2.45, 2.75) is 58.0 Å². The second kappa shape index (κ2) is 7.71. The second-order valence-corrected chi connectivity index (χ2v) is 5.76. The second-order valence-electron chi connectivity index (χ2n) is 5.76. The predicted octanol–water partition coefficient (Wildman–Crippen LogP) is 3.06. The first-order valence-corrected chi connectivity index (χ1v) is 7.79. The zero-order chi connectivity index (χ0) is 13.5. The minimum Gasteiger partial charge on any atom is -0.469 e. The molecule has 0 bridgehead atoms. The lowest BCUT2D eigenvalue weighted by atomic mass is 10.0. The highest BCUT2D eigenvalue weighted by Crippen LogP contribution is 2.16. The van der Waals surface area contributed by atoms with E-state index >= 15 is 0 Å². The molecule has 2 heterocycles. The molecule has 108 valence electrons. The van der Waals surface area contributed by atoms with Gasteiger partial charge in [0, 0.05) is 25.0 Å². The minimum atomic E-state index is 0.649. The highest BCUT2D eigenvalue weighted by molar-refractivity contribution is 4.98. The minimum absolute atomic E-state index is 0.649. The van der Waals surface area contributed by atoms with Crippen LogP contribution in [0.2, 0.25) is 0 Å². The Kier molecular flexibility index (Phi) is 5.93. The quantitative estimate of drug-likeness (QED) is 0.820. The fraction of sp³-hybridized carbons (Fsp3) is 0.750. The molecule has 0 amide bonds. The van der Waals surface area contributed by atoms with Crippen LogP contribution in [0.1, 0.15) is 45.3 Å². The van der Waals surface area contributed by atoms with Crippen LogP contribution in [-0.2, 0) is 6.42 Å². The van der Waals surface area contributed by atoms with Gasteiger partial charge in [-0.05, 0) is 57.8 Å². The summed E-state index contributed by atoms with van der Waals surface area (Å²) in [4.78, 5) is 2.64. The van der Waals surface area contributed by atoms with Crippen LogP contribution in [0.4, 0.5) is 0 Å². The first-order valence-electron chi connectivity index (χ1n) is 7.79. The van der Waals surface area contributed by atoms with E-state index in [0.29, 0.717) is 12.1 Å². The average molecular weight is 264 g/mol. The van der Waals surface area contributed by atoms with E-state index in [2.05, 4.69) is 30.1 Å². The van der Waals surface area contributed by atoms with Gasteiger partial charge < -0.3 is 9.73 Å². The topological polar surface area (TPSA) is 28.4 Å². The maximum atomic E-state index is 5.41. The molecule has 1 fully saturated rings. The molecule has 2 atom stereocenters. The number of furan rings is 1. The van der Waals surface area contributed by atoms with Crippen molar-refractivity contribution in [2.24, 2.45) is 0 Å². The van der Waals surface area contributed by atoms with Crippen LogP contribution >= 0.6 is 0 Å². The van der Waals surface area contributed by atoms with Gasteiger partial charge in [0.15, 0.2) is 0 Å². The van der Waals surface area contributed by atoms with E-state index in [1.807, 2.05) is 6.07 Å². The lowest BCUT2D eigenvalue weighted by Crippen LogP contribution is -2.49. The number of piperidine rings is 1. The van der Waals surface area contributed by atoms with Crippen LogP contribution in [0.15, 0.2) is 22.8 Å². The monoisotopic (exact) mass is 264 g/mol. The molecule has 3 heteroatoms. The molecule has 3 nitrogen and oxygen atoms in total.